The van der Waals surface area contributed by atoms with E-state index in [4.69, 9.17) is 0 Å². The third kappa shape index (κ3) is 2.37. The van der Waals surface area contributed by atoms with Crippen molar-refractivity contribution >= 4 is 5.69 Å². The molecule has 2 heterocycles. The first-order chi connectivity index (χ1) is 9.28. The first-order valence-electron chi connectivity index (χ1n) is 7.19. The Kier molecular flexibility index (Phi) is 3.28. The van der Waals surface area contributed by atoms with E-state index in [1.54, 1.807) is 0 Å². The van der Waals surface area contributed by atoms with Crippen molar-refractivity contribution in [3.63, 3.8) is 0 Å². The molecular weight excluding hydrogens is 234 g/mol. The largest absolute Gasteiger partial charge is 0.382 e. The van der Waals surface area contributed by atoms with Gasteiger partial charge in [0.1, 0.15) is 0 Å². The Morgan fingerprint density at radius 3 is 3.11 bits per heavy atom. The van der Waals surface area contributed by atoms with Gasteiger partial charge in [-0.3, -0.25) is 4.68 Å². The molecule has 0 saturated carbocycles. The fourth-order valence-corrected chi connectivity index (χ4v) is 2.78. The van der Waals surface area contributed by atoms with Gasteiger partial charge in [0.2, 0.25) is 0 Å². The maximum Gasteiger partial charge on any atom is 0.0682 e. The van der Waals surface area contributed by atoms with Crippen LogP contribution in [0.2, 0.25) is 0 Å². The quantitative estimate of drug-likeness (QED) is 0.906. The highest BCUT2D eigenvalue weighted by Crippen LogP contribution is 2.29. The minimum absolute atomic E-state index is 0.587. The van der Waals surface area contributed by atoms with Gasteiger partial charge in [0.15, 0.2) is 0 Å². The van der Waals surface area contributed by atoms with E-state index in [2.05, 4.69) is 53.2 Å². The summed E-state index contributed by atoms with van der Waals surface area (Å²) in [6.45, 7) is 5.41. The molecule has 0 spiro atoms. The molecular formula is C16H21N3. The van der Waals surface area contributed by atoms with Gasteiger partial charge in [-0.15, -0.1) is 0 Å². The summed E-state index contributed by atoms with van der Waals surface area (Å²) in [5.41, 5.74) is 5.23. The number of nitrogens with zero attached hydrogens (tertiary/aromatic N) is 2. The number of nitrogens with one attached hydrogen (secondary N) is 1. The molecule has 1 unspecified atom stereocenters. The fourth-order valence-electron chi connectivity index (χ4n) is 2.78. The van der Waals surface area contributed by atoms with Crippen LogP contribution in [0.3, 0.4) is 0 Å². The van der Waals surface area contributed by atoms with Gasteiger partial charge in [0, 0.05) is 30.0 Å². The molecule has 3 heteroatoms. The molecule has 1 aromatic carbocycles. The van der Waals surface area contributed by atoms with E-state index in [1.165, 1.54) is 35.3 Å². The summed E-state index contributed by atoms with van der Waals surface area (Å²) in [4.78, 5) is 0. The lowest BCUT2D eigenvalue weighted by atomic mass is 9.96. The topological polar surface area (TPSA) is 29.9 Å². The smallest absolute Gasteiger partial charge is 0.0682 e. The second kappa shape index (κ2) is 5.08. The van der Waals surface area contributed by atoms with Crippen LogP contribution in [-0.2, 0) is 13.0 Å². The van der Waals surface area contributed by atoms with Crippen molar-refractivity contribution in [3.05, 3.63) is 36.0 Å². The molecule has 3 nitrogen and oxygen atoms in total. The highest BCUT2D eigenvalue weighted by Gasteiger charge is 2.15. The highest BCUT2D eigenvalue weighted by molar-refractivity contribution is 5.67. The Balaban J connectivity index is 1.95. The molecule has 100 valence electrons. The van der Waals surface area contributed by atoms with E-state index in [0.29, 0.717) is 6.04 Å². The average Bonchev–Trinajstić information content (AvgIpc) is 2.87. The second-order valence-corrected chi connectivity index (χ2v) is 5.40. The molecule has 2 aromatic rings. The first kappa shape index (κ1) is 12.3. The molecule has 19 heavy (non-hydrogen) atoms. The number of hydrogen-bond acceptors (Lipinski definition) is 2. The number of aryl methyl sites for hydroxylation is 2. The summed E-state index contributed by atoms with van der Waals surface area (Å²) in [7, 11) is 0. The van der Waals surface area contributed by atoms with Crippen LogP contribution < -0.4 is 5.32 Å². The van der Waals surface area contributed by atoms with E-state index in [9.17, 15) is 0 Å². The van der Waals surface area contributed by atoms with E-state index in [0.717, 1.165) is 13.0 Å². The van der Waals surface area contributed by atoms with Crippen molar-refractivity contribution in [2.75, 3.05) is 5.32 Å². The van der Waals surface area contributed by atoms with Crippen molar-refractivity contribution in [3.8, 4) is 11.3 Å². The summed E-state index contributed by atoms with van der Waals surface area (Å²) >= 11 is 0. The van der Waals surface area contributed by atoms with Crippen molar-refractivity contribution < 1.29 is 0 Å². The Morgan fingerprint density at radius 1 is 1.37 bits per heavy atom. The Bertz CT molecular complexity index is 571. The minimum atomic E-state index is 0.587. The maximum absolute atomic E-state index is 4.41. The van der Waals surface area contributed by atoms with Gasteiger partial charge in [-0.25, -0.2) is 0 Å². The van der Waals surface area contributed by atoms with E-state index in [1.807, 2.05) is 6.20 Å². The minimum Gasteiger partial charge on any atom is -0.382 e. The second-order valence-electron chi connectivity index (χ2n) is 5.40. The van der Waals surface area contributed by atoms with Crippen molar-refractivity contribution in [2.45, 2.75) is 45.7 Å². The zero-order valence-electron chi connectivity index (χ0n) is 11.7. The molecule has 1 aliphatic rings. The predicted octanol–water partition coefficient (Wildman–Crippen LogP) is 3.71. The van der Waals surface area contributed by atoms with Crippen LogP contribution in [0.25, 0.3) is 11.3 Å². The van der Waals surface area contributed by atoms with Gasteiger partial charge in [0.25, 0.3) is 0 Å². The normalized spacial score (nSPS) is 17.9. The monoisotopic (exact) mass is 255 g/mol. The summed E-state index contributed by atoms with van der Waals surface area (Å²) in [5, 5.41) is 7.96. The van der Waals surface area contributed by atoms with Gasteiger partial charge < -0.3 is 5.32 Å². The van der Waals surface area contributed by atoms with E-state index in [-0.39, 0.29) is 0 Å². The number of aromatic nitrogens is 2. The molecule has 1 aliphatic heterocycles. The molecule has 1 N–H and O–H groups in total. The van der Waals surface area contributed by atoms with Gasteiger partial charge in [0.05, 0.1) is 5.69 Å². The molecule has 0 aliphatic carbocycles. The maximum atomic E-state index is 4.41. The Hall–Kier alpha value is -1.77. The zero-order chi connectivity index (χ0) is 13.2. The number of anilines is 1. The van der Waals surface area contributed by atoms with E-state index >= 15 is 0 Å². The number of rotatable bonds is 3. The van der Waals surface area contributed by atoms with Crippen LogP contribution in [0, 0.1) is 0 Å². The van der Waals surface area contributed by atoms with Gasteiger partial charge in [-0.1, -0.05) is 13.0 Å². The van der Waals surface area contributed by atoms with Crippen molar-refractivity contribution in [2.24, 2.45) is 0 Å². The summed E-state index contributed by atoms with van der Waals surface area (Å²) < 4.78 is 2.10. The molecule has 0 bridgehead atoms. The molecule has 0 amide bonds. The van der Waals surface area contributed by atoms with Gasteiger partial charge in [-0.05, 0) is 49.9 Å². The van der Waals surface area contributed by atoms with Crippen LogP contribution in [-0.4, -0.2) is 15.8 Å². The lowest BCUT2D eigenvalue weighted by molar-refractivity contribution is 0.609. The molecule has 0 saturated heterocycles. The third-order valence-corrected chi connectivity index (χ3v) is 3.80. The highest BCUT2D eigenvalue weighted by atomic mass is 15.3. The molecule has 3 rings (SSSR count). The zero-order valence-corrected chi connectivity index (χ0v) is 11.7. The SMILES string of the molecule is CCCn1nccc1-c1ccc2c(c1)CCC(C)N2. The Labute approximate surface area is 114 Å². The van der Waals surface area contributed by atoms with Gasteiger partial charge in [-0.2, -0.15) is 5.10 Å². The van der Waals surface area contributed by atoms with Crippen molar-refractivity contribution in [1.29, 1.82) is 0 Å². The Morgan fingerprint density at radius 2 is 2.26 bits per heavy atom. The summed E-state index contributed by atoms with van der Waals surface area (Å²) in [5.74, 6) is 0. The predicted molar refractivity (Wildman–Crippen MR) is 79.4 cm³/mol. The van der Waals surface area contributed by atoms with E-state index < -0.39 is 0 Å². The average molecular weight is 255 g/mol. The third-order valence-electron chi connectivity index (χ3n) is 3.80. The first-order valence-corrected chi connectivity index (χ1v) is 7.19. The van der Waals surface area contributed by atoms with Crippen LogP contribution in [0.4, 0.5) is 5.69 Å². The fraction of sp³-hybridized carbons (Fsp3) is 0.438. The van der Waals surface area contributed by atoms with Crippen LogP contribution >= 0.6 is 0 Å². The lowest BCUT2D eigenvalue weighted by Crippen LogP contribution is -2.21. The molecule has 0 fully saturated rings. The molecule has 1 atom stereocenters. The van der Waals surface area contributed by atoms with Crippen LogP contribution in [0.5, 0.6) is 0 Å². The molecule has 0 radical (unpaired) electrons. The van der Waals surface area contributed by atoms with Crippen LogP contribution in [0.1, 0.15) is 32.3 Å². The number of benzene rings is 1. The molecule has 1 aromatic heterocycles. The summed E-state index contributed by atoms with van der Waals surface area (Å²) in [6.07, 6.45) is 5.38. The van der Waals surface area contributed by atoms with Gasteiger partial charge >= 0.3 is 0 Å². The van der Waals surface area contributed by atoms with Crippen LogP contribution in [0.15, 0.2) is 30.5 Å². The number of hydrogen-bond donors (Lipinski definition) is 1. The summed E-state index contributed by atoms with van der Waals surface area (Å²) in [6, 6.07) is 9.42. The standard InChI is InChI=1S/C16H21N3/c1-3-10-19-16(8-9-17-19)14-6-7-15-13(11-14)5-4-12(2)18-15/h6-9,11-12,18H,3-5,10H2,1-2H3. The lowest BCUT2D eigenvalue weighted by Gasteiger charge is -2.24. The number of fused-ring (bicyclic) bond motifs is 1. The van der Waals surface area contributed by atoms with Crippen molar-refractivity contribution in [1.82, 2.24) is 9.78 Å².